The Morgan fingerprint density at radius 2 is 2.04 bits per heavy atom. The first-order chi connectivity index (χ1) is 10.7. The number of aromatic nitrogens is 2. The molecule has 3 rings (SSSR count). The lowest BCUT2D eigenvalue weighted by molar-refractivity contribution is -0.0161. The van der Waals surface area contributed by atoms with Crippen LogP contribution in [-0.2, 0) is 6.54 Å². The third-order valence-corrected chi connectivity index (χ3v) is 3.65. The van der Waals surface area contributed by atoms with Crippen molar-refractivity contribution >= 4 is 12.4 Å². The number of benzene rings is 1. The molecule has 0 radical (unpaired) electrons. The molecule has 2 aromatic rings. The Morgan fingerprint density at radius 1 is 1.26 bits per heavy atom. The van der Waals surface area contributed by atoms with Crippen LogP contribution in [0.3, 0.4) is 0 Å². The van der Waals surface area contributed by atoms with E-state index >= 15 is 0 Å². The first kappa shape index (κ1) is 17.3. The molecule has 23 heavy (non-hydrogen) atoms. The smallest absolute Gasteiger partial charge is 0.266 e. The fourth-order valence-corrected chi connectivity index (χ4v) is 2.39. The van der Waals surface area contributed by atoms with E-state index in [9.17, 15) is 4.79 Å². The van der Waals surface area contributed by atoms with E-state index in [0.717, 1.165) is 24.5 Å². The van der Waals surface area contributed by atoms with Crippen LogP contribution < -0.4 is 15.0 Å². The first-order valence-electron chi connectivity index (χ1n) is 7.35. The topological polar surface area (TPSA) is 56.6 Å². The lowest BCUT2D eigenvalue weighted by atomic mass is 10.3. The van der Waals surface area contributed by atoms with Crippen molar-refractivity contribution in [1.82, 2.24) is 14.7 Å². The predicted octanol–water partition coefficient (Wildman–Crippen LogP) is 1.78. The fourth-order valence-electron chi connectivity index (χ4n) is 2.39. The van der Waals surface area contributed by atoms with E-state index in [0.29, 0.717) is 13.2 Å². The van der Waals surface area contributed by atoms with Gasteiger partial charge < -0.3 is 9.47 Å². The number of fused-ring (bicyclic) bond motifs is 1. The second-order valence-corrected chi connectivity index (χ2v) is 5.25. The number of rotatable bonds is 5. The van der Waals surface area contributed by atoms with E-state index in [1.54, 1.807) is 12.3 Å². The zero-order valence-corrected chi connectivity index (χ0v) is 13.7. The summed E-state index contributed by atoms with van der Waals surface area (Å²) in [6, 6.07) is 10.8. The van der Waals surface area contributed by atoms with Gasteiger partial charge in [0.05, 0.1) is 0 Å². The highest BCUT2D eigenvalue weighted by atomic mass is 35.5. The molecule has 1 aliphatic heterocycles. The van der Waals surface area contributed by atoms with Gasteiger partial charge in [-0.1, -0.05) is 12.1 Å². The van der Waals surface area contributed by atoms with Crippen LogP contribution >= 0.6 is 12.4 Å². The minimum Gasteiger partial charge on any atom is -0.484 e. The molecule has 6 nitrogen and oxygen atoms in total. The third-order valence-electron chi connectivity index (χ3n) is 3.65. The summed E-state index contributed by atoms with van der Waals surface area (Å²) in [7, 11) is 1.99. The molecule has 0 amide bonds. The van der Waals surface area contributed by atoms with Crippen molar-refractivity contribution in [3.8, 4) is 11.5 Å². The summed E-state index contributed by atoms with van der Waals surface area (Å²) < 4.78 is 13.1. The summed E-state index contributed by atoms with van der Waals surface area (Å²) in [5.74, 6) is 1.55. The Labute approximate surface area is 141 Å². The molecule has 0 saturated carbocycles. The Balaban J connectivity index is 0.00000192. The second kappa shape index (κ2) is 7.99. The van der Waals surface area contributed by atoms with Crippen LogP contribution in [0.15, 0.2) is 47.4 Å². The van der Waals surface area contributed by atoms with Crippen molar-refractivity contribution in [3.05, 3.63) is 52.9 Å². The Hall–Kier alpha value is -2.05. The molecule has 1 atom stereocenters. The number of para-hydroxylation sites is 2. The number of hydrogen-bond donors (Lipinski definition) is 0. The molecule has 0 spiro atoms. The number of halogens is 1. The fraction of sp³-hybridized carbons (Fsp3) is 0.375. The van der Waals surface area contributed by atoms with Gasteiger partial charge in [0.15, 0.2) is 17.7 Å². The SMILES string of the molecule is CN(CCCn1ncccc1=O)[C@H]1COc2ccccc2O1.Cl. The van der Waals surface area contributed by atoms with Gasteiger partial charge in [-0.2, -0.15) is 5.10 Å². The highest BCUT2D eigenvalue weighted by Gasteiger charge is 2.23. The number of likely N-dealkylation sites (N-methyl/N-ethyl adjacent to an activating group) is 1. The van der Waals surface area contributed by atoms with E-state index in [-0.39, 0.29) is 24.2 Å². The Bertz CT molecular complexity index is 692. The van der Waals surface area contributed by atoms with Crippen LogP contribution in [0.5, 0.6) is 11.5 Å². The Kier molecular flexibility index (Phi) is 6.01. The molecule has 1 aromatic heterocycles. The van der Waals surface area contributed by atoms with Gasteiger partial charge >= 0.3 is 0 Å². The summed E-state index contributed by atoms with van der Waals surface area (Å²) in [5, 5.41) is 4.05. The zero-order valence-electron chi connectivity index (χ0n) is 12.9. The number of aryl methyl sites for hydroxylation is 1. The van der Waals surface area contributed by atoms with Gasteiger partial charge in [-0.05, 0) is 31.7 Å². The van der Waals surface area contributed by atoms with Gasteiger partial charge in [-0.25, -0.2) is 4.68 Å². The molecule has 124 valence electrons. The van der Waals surface area contributed by atoms with Crippen LogP contribution in [0.4, 0.5) is 0 Å². The molecular weight excluding hydrogens is 318 g/mol. The minimum atomic E-state index is -0.115. The standard InChI is InChI=1S/C16H19N3O3.ClH/c1-18(10-5-11-19-15(20)8-4-9-17-19)16-12-21-13-6-2-3-7-14(13)22-16;/h2-4,6-9,16H,5,10-12H2,1H3;1H/t16-;/m1./s1. The molecule has 0 N–H and O–H groups in total. The van der Waals surface area contributed by atoms with Gasteiger partial charge in [0.25, 0.3) is 5.56 Å². The molecule has 0 saturated heterocycles. The van der Waals surface area contributed by atoms with Crippen LogP contribution in [0, 0.1) is 0 Å². The normalized spacial score (nSPS) is 16.0. The maximum atomic E-state index is 11.6. The van der Waals surface area contributed by atoms with E-state index in [2.05, 4.69) is 10.00 Å². The quantitative estimate of drug-likeness (QED) is 0.832. The maximum Gasteiger partial charge on any atom is 0.266 e. The minimum absolute atomic E-state index is 0. The van der Waals surface area contributed by atoms with Crippen molar-refractivity contribution in [1.29, 1.82) is 0 Å². The molecule has 7 heteroatoms. The lowest BCUT2D eigenvalue weighted by Crippen LogP contribution is -2.44. The van der Waals surface area contributed by atoms with E-state index in [4.69, 9.17) is 9.47 Å². The predicted molar refractivity (Wildman–Crippen MR) is 89.3 cm³/mol. The van der Waals surface area contributed by atoms with E-state index in [1.807, 2.05) is 31.3 Å². The second-order valence-electron chi connectivity index (χ2n) is 5.25. The molecule has 0 unspecified atom stereocenters. The van der Waals surface area contributed by atoms with Crippen LogP contribution in [0.2, 0.25) is 0 Å². The van der Waals surface area contributed by atoms with Crippen molar-refractivity contribution < 1.29 is 9.47 Å². The van der Waals surface area contributed by atoms with Gasteiger partial charge in [-0.3, -0.25) is 9.69 Å². The number of hydrogen-bond acceptors (Lipinski definition) is 5. The Morgan fingerprint density at radius 3 is 2.83 bits per heavy atom. The van der Waals surface area contributed by atoms with Crippen LogP contribution in [-0.4, -0.2) is 41.1 Å². The summed E-state index contributed by atoms with van der Waals surface area (Å²) in [6.07, 6.45) is 2.32. The first-order valence-corrected chi connectivity index (χ1v) is 7.35. The zero-order chi connectivity index (χ0) is 15.4. The van der Waals surface area contributed by atoms with Crippen molar-refractivity contribution in [2.75, 3.05) is 20.2 Å². The molecule has 0 bridgehead atoms. The molecule has 1 aliphatic rings. The van der Waals surface area contributed by atoms with Crippen molar-refractivity contribution in [2.24, 2.45) is 0 Å². The van der Waals surface area contributed by atoms with Gasteiger partial charge in [0.2, 0.25) is 0 Å². The highest BCUT2D eigenvalue weighted by molar-refractivity contribution is 5.85. The van der Waals surface area contributed by atoms with Gasteiger partial charge in [-0.15, -0.1) is 12.4 Å². The van der Waals surface area contributed by atoms with E-state index < -0.39 is 0 Å². The summed E-state index contributed by atoms with van der Waals surface area (Å²) >= 11 is 0. The van der Waals surface area contributed by atoms with E-state index in [1.165, 1.54) is 10.7 Å². The van der Waals surface area contributed by atoms with Crippen molar-refractivity contribution in [3.63, 3.8) is 0 Å². The lowest BCUT2D eigenvalue weighted by Gasteiger charge is -2.32. The summed E-state index contributed by atoms with van der Waals surface area (Å²) in [4.78, 5) is 13.7. The van der Waals surface area contributed by atoms with Crippen LogP contribution in [0.1, 0.15) is 6.42 Å². The monoisotopic (exact) mass is 337 g/mol. The number of nitrogens with zero attached hydrogens (tertiary/aromatic N) is 3. The molecule has 0 fully saturated rings. The van der Waals surface area contributed by atoms with Gasteiger partial charge in [0, 0.05) is 25.4 Å². The average Bonchev–Trinajstić information content (AvgIpc) is 2.56. The highest BCUT2D eigenvalue weighted by Crippen LogP contribution is 2.31. The molecule has 0 aliphatic carbocycles. The summed E-state index contributed by atoms with van der Waals surface area (Å²) in [5.41, 5.74) is -0.0728. The average molecular weight is 338 g/mol. The van der Waals surface area contributed by atoms with Crippen LogP contribution in [0.25, 0.3) is 0 Å². The molecule has 1 aromatic carbocycles. The number of ether oxygens (including phenoxy) is 2. The third kappa shape index (κ3) is 4.24. The largest absolute Gasteiger partial charge is 0.484 e. The molecule has 2 heterocycles. The maximum absolute atomic E-state index is 11.6. The van der Waals surface area contributed by atoms with Gasteiger partial charge in [0.1, 0.15) is 6.61 Å². The summed E-state index contributed by atoms with van der Waals surface area (Å²) in [6.45, 7) is 1.88. The van der Waals surface area contributed by atoms with Crippen molar-refractivity contribution in [2.45, 2.75) is 19.2 Å². The molecular formula is C16H20ClN3O3.